The molecule has 0 bridgehead atoms. The number of benzene rings is 2. The first-order chi connectivity index (χ1) is 9.71. The van der Waals surface area contributed by atoms with Crippen molar-refractivity contribution in [2.24, 2.45) is 0 Å². The molecule has 5 heteroatoms. The summed E-state index contributed by atoms with van der Waals surface area (Å²) in [5.41, 5.74) is 1.08. The Morgan fingerprint density at radius 3 is 2.55 bits per heavy atom. The molecule has 5 nitrogen and oxygen atoms in total. The third kappa shape index (κ3) is 3.50. The minimum atomic E-state index is -0.608. The van der Waals surface area contributed by atoms with Gasteiger partial charge >= 0.3 is 6.09 Å². The lowest BCUT2D eigenvalue weighted by molar-refractivity contribution is 0.215. The molecule has 0 spiro atoms. The van der Waals surface area contributed by atoms with Gasteiger partial charge in [-0.3, -0.25) is 5.32 Å². The number of nitriles is 1. The van der Waals surface area contributed by atoms with Crippen molar-refractivity contribution in [1.29, 1.82) is 5.26 Å². The van der Waals surface area contributed by atoms with Crippen molar-refractivity contribution in [1.82, 2.24) is 0 Å². The zero-order valence-corrected chi connectivity index (χ0v) is 10.8. The molecule has 0 aliphatic heterocycles. The van der Waals surface area contributed by atoms with E-state index in [2.05, 4.69) is 5.32 Å². The van der Waals surface area contributed by atoms with E-state index < -0.39 is 6.09 Å². The van der Waals surface area contributed by atoms with Crippen LogP contribution in [0.2, 0.25) is 0 Å². The number of carbonyl (C=O) groups is 1. The standard InChI is InChI=1S/C15H12N2O3/c1-19-14-4-2-3-12(9-14)17-15(18)20-13-7-5-11(10-16)6-8-13/h2-9H,1H3,(H,17,18). The molecule has 0 radical (unpaired) electrons. The van der Waals surface area contributed by atoms with E-state index in [1.807, 2.05) is 6.07 Å². The van der Waals surface area contributed by atoms with Crippen LogP contribution in [0.3, 0.4) is 0 Å². The van der Waals surface area contributed by atoms with Gasteiger partial charge in [0, 0.05) is 11.8 Å². The van der Waals surface area contributed by atoms with Crippen LogP contribution < -0.4 is 14.8 Å². The fourth-order valence-corrected chi connectivity index (χ4v) is 1.55. The summed E-state index contributed by atoms with van der Waals surface area (Å²) < 4.78 is 10.1. The summed E-state index contributed by atoms with van der Waals surface area (Å²) in [5.74, 6) is 1.01. The van der Waals surface area contributed by atoms with E-state index in [0.29, 0.717) is 22.7 Å². The van der Waals surface area contributed by atoms with E-state index in [0.717, 1.165) is 0 Å². The monoisotopic (exact) mass is 268 g/mol. The lowest BCUT2D eigenvalue weighted by atomic mass is 10.2. The highest BCUT2D eigenvalue weighted by Crippen LogP contribution is 2.18. The molecule has 1 amide bonds. The average Bonchev–Trinajstić information content (AvgIpc) is 2.48. The summed E-state index contributed by atoms with van der Waals surface area (Å²) in [6.45, 7) is 0. The van der Waals surface area contributed by atoms with Crippen molar-refractivity contribution in [2.45, 2.75) is 0 Å². The normalized spacial score (nSPS) is 9.40. The molecule has 20 heavy (non-hydrogen) atoms. The molecule has 1 N–H and O–H groups in total. The highest BCUT2D eigenvalue weighted by molar-refractivity contribution is 5.86. The highest BCUT2D eigenvalue weighted by Gasteiger charge is 2.05. The van der Waals surface area contributed by atoms with Crippen molar-refractivity contribution in [2.75, 3.05) is 12.4 Å². The number of ether oxygens (including phenoxy) is 2. The zero-order chi connectivity index (χ0) is 14.4. The Balaban J connectivity index is 1.99. The van der Waals surface area contributed by atoms with E-state index in [1.54, 1.807) is 55.6 Å². The summed E-state index contributed by atoms with van der Waals surface area (Å²) in [5, 5.41) is 11.3. The van der Waals surface area contributed by atoms with E-state index in [-0.39, 0.29) is 0 Å². The largest absolute Gasteiger partial charge is 0.497 e. The Kier molecular flexibility index (Phi) is 4.20. The number of rotatable bonds is 3. The topological polar surface area (TPSA) is 71.3 Å². The van der Waals surface area contributed by atoms with Gasteiger partial charge in [-0.1, -0.05) is 6.07 Å². The third-order valence-corrected chi connectivity index (χ3v) is 2.51. The number of hydrogen-bond donors (Lipinski definition) is 1. The van der Waals surface area contributed by atoms with Crippen LogP contribution in [0.5, 0.6) is 11.5 Å². The number of methoxy groups -OCH3 is 1. The highest BCUT2D eigenvalue weighted by atomic mass is 16.6. The summed E-state index contributed by atoms with van der Waals surface area (Å²) >= 11 is 0. The Morgan fingerprint density at radius 2 is 1.90 bits per heavy atom. The predicted octanol–water partition coefficient (Wildman–Crippen LogP) is 3.18. The molecule has 0 aliphatic carbocycles. The van der Waals surface area contributed by atoms with Crippen LogP contribution in [0.1, 0.15) is 5.56 Å². The van der Waals surface area contributed by atoms with Gasteiger partial charge < -0.3 is 9.47 Å². The maximum absolute atomic E-state index is 11.7. The minimum absolute atomic E-state index is 0.365. The van der Waals surface area contributed by atoms with Crippen molar-refractivity contribution >= 4 is 11.8 Å². The number of anilines is 1. The smallest absolute Gasteiger partial charge is 0.417 e. The Bertz CT molecular complexity index is 645. The molecule has 0 saturated heterocycles. The van der Waals surface area contributed by atoms with Gasteiger partial charge in [0.25, 0.3) is 0 Å². The quantitative estimate of drug-likeness (QED) is 0.928. The van der Waals surface area contributed by atoms with Gasteiger partial charge in [-0.25, -0.2) is 4.79 Å². The molecule has 0 aromatic heterocycles. The predicted molar refractivity (Wildman–Crippen MR) is 73.8 cm³/mol. The van der Waals surface area contributed by atoms with Gasteiger partial charge in [-0.15, -0.1) is 0 Å². The van der Waals surface area contributed by atoms with E-state index in [9.17, 15) is 4.79 Å². The van der Waals surface area contributed by atoms with Gasteiger partial charge in [0.15, 0.2) is 0 Å². The third-order valence-electron chi connectivity index (χ3n) is 2.51. The van der Waals surface area contributed by atoms with E-state index in [4.69, 9.17) is 14.7 Å². The van der Waals surface area contributed by atoms with Crippen LogP contribution in [-0.4, -0.2) is 13.2 Å². The van der Waals surface area contributed by atoms with Crippen molar-refractivity contribution < 1.29 is 14.3 Å². The van der Waals surface area contributed by atoms with Gasteiger partial charge in [0.05, 0.1) is 18.7 Å². The number of hydrogen-bond acceptors (Lipinski definition) is 4. The van der Waals surface area contributed by atoms with Crippen LogP contribution in [0.4, 0.5) is 10.5 Å². The van der Waals surface area contributed by atoms with E-state index in [1.165, 1.54) is 0 Å². The van der Waals surface area contributed by atoms with Crippen LogP contribution in [0.15, 0.2) is 48.5 Å². The molecule has 0 heterocycles. The Hall–Kier alpha value is -3.00. The lowest BCUT2D eigenvalue weighted by Crippen LogP contribution is -2.16. The molecule has 0 unspecified atom stereocenters. The first-order valence-corrected chi connectivity index (χ1v) is 5.84. The second-order valence-electron chi connectivity index (χ2n) is 3.88. The summed E-state index contributed by atoms with van der Waals surface area (Å²) in [4.78, 5) is 11.7. The summed E-state index contributed by atoms with van der Waals surface area (Å²) in [7, 11) is 1.55. The van der Waals surface area contributed by atoms with Gasteiger partial charge in [0.1, 0.15) is 11.5 Å². The second kappa shape index (κ2) is 6.25. The number of nitrogens with zero attached hydrogens (tertiary/aromatic N) is 1. The molecule has 0 fully saturated rings. The molecule has 0 atom stereocenters. The SMILES string of the molecule is COc1cccc(NC(=O)Oc2ccc(C#N)cc2)c1. The Labute approximate surface area is 116 Å². The first-order valence-electron chi connectivity index (χ1n) is 5.84. The van der Waals surface area contributed by atoms with Crippen LogP contribution in [0, 0.1) is 11.3 Å². The maximum Gasteiger partial charge on any atom is 0.417 e. The van der Waals surface area contributed by atoms with Crippen molar-refractivity contribution in [3.8, 4) is 17.6 Å². The number of nitrogens with one attached hydrogen (secondary N) is 1. The van der Waals surface area contributed by atoms with Gasteiger partial charge in [-0.2, -0.15) is 5.26 Å². The molecule has 0 aliphatic rings. The lowest BCUT2D eigenvalue weighted by Gasteiger charge is -2.07. The van der Waals surface area contributed by atoms with Gasteiger partial charge in [-0.05, 0) is 36.4 Å². The van der Waals surface area contributed by atoms with Crippen molar-refractivity contribution in [3.63, 3.8) is 0 Å². The minimum Gasteiger partial charge on any atom is -0.497 e. The summed E-state index contributed by atoms with van der Waals surface area (Å²) in [6.07, 6.45) is -0.608. The molecule has 100 valence electrons. The average molecular weight is 268 g/mol. The maximum atomic E-state index is 11.7. The number of amides is 1. The van der Waals surface area contributed by atoms with Crippen LogP contribution >= 0.6 is 0 Å². The second-order valence-corrected chi connectivity index (χ2v) is 3.88. The number of carbonyl (C=O) groups excluding carboxylic acids is 1. The van der Waals surface area contributed by atoms with E-state index >= 15 is 0 Å². The molecule has 0 saturated carbocycles. The van der Waals surface area contributed by atoms with Crippen LogP contribution in [-0.2, 0) is 0 Å². The first kappa shape index (κ1) is 13.4. The van der Waals surface area contributed by atoms with Crippen molar-refractivity contribution in [3.05, 3.63) is 54.1 Å². The molecule has 2 rings (SSSR count). The van der Waals surface area contributed by atoms with Gasteiger partial charge in [0.2, 0.25) is 0 Å². The molecular weight excluding hydrogens is 256 g/mol. The molecule has 2 aromatic carbocycles. The summed E-state index contributed by atoms with van der Waals surface area (Å²) in [6, 6.07) is 15.2. The fourth-order valence-electron chi connectivity index (χ4n) is 1.55. The molecular formula is C15H12N2O3. The molecule has 2 aromatic rings. The Morgan fingerprint density at radius 1 is 1.15 bits per heavy atom. The van der Waals surface area contributed by atoms with Crippen LogP contribution in [0.25, 0.3) is 0 Å². The fraction of sp³-hybridized carbons (Fsp3) is 0.0667. The zero-order valence-electron chi connectivity index (χ0n) is 10.8.